The second-order valence-electron chi connectivity index (χ2n) is 8.24. The molecule has 1 aliphatic carbocycles. The van der Waals surface area contributed by atoms with Gasteiger partial charge < -0.3 is 20.5 Å². The van der Waals surface area contributed by atoms with Crippen LogP contribution in [-0.2, 0) is 19.5 Å². The first-order valence-electron chi connectivity index (χ1n) is 10.8. The molecular weight excluding hydrogens is 457 g/mol. The Balaban J connectivity index is 1.51. The van der Waals surface area contributed by atoms with Crippen LogP contribution in [0.2, 0.25) is 5.02 Å². The summed E-state index contributed by atoms with van der Waals surface area (Å²) in [6.07, 6.45) is 1.54. The Morgan fingerprint density at radius 2 is 2.09 bits per heavy atom. The van der Waals surface area contributed by atoms with Gasteiger partial charge in [0.1, 0.15) is 11.6 Å². The topological polar surface area (TPSA) is 109 Å². The number of carbonyl (C=O) groups is 2. The smallest absolute Gasteiger partial charge is 0.258 e. The van der Waals surface area contributed by atoms with E-state index in [0.29, 0.717) is 6.42 Å². The van der Waals surface area contributed by atoms with Gasteiger partial charge in [-0.25, -0.2) is 9.28 Å². The summed E-state index contributed by atoms with van der Waals surface area (Å²) in [5, 5.41) is 17.6. The molecule has 5 unspecified atom stereocenters. The molecule has 33 heavy (non-hydrogen) atoms. The quantitative estimate of drug-likeness (QED) is 0.399. The van der Waals surface area contributed by atoms with Crippen LogP contribution in [0.5, 0.6) is 5.75 Å². The molecule has 3 N–H and O–H groups in total. The standard InChI is InChI=1S/C22H29ClFN3O6/c1-4-13-8-20(32-33-27(13)3)22(30)26-17-10-19(28)18(7-12(17)2)25-21(29)11-31-14-5-6-15(23)16(24)9-14/h5-7,9,13,17-20,28H,4,8,10-11H2,1-3H3,(H,25,29)(H,26,30). The van der Waals surface area contributed by atoms with E-state index in [1.165, 1.54) is 12.1 Å². The number of benzene rings is 1. The van der Waals surface area contributed by atoms with Crippen LogP contribution in [0.3, 0.4) is 0 Å². The highest BCUT2D eigenvalue weighted by Crippen LogP contribution is 2.23. The van der Waals surface area contributed by atoms with E-state index in [0.717, 1.165) is 18.1 Å². The van der Waals surface area contributed by atoms with E-state index in [1.807, 2.05) is 13.8 Å². The van der Waals surface area contributed by atoms with Crippen LogP contribution in [0.4, 0.5) is 4.39 Å². The molecule has 2 amide bonds. The molecule has 11 heteroatoms. The number of ether oxygens (including phenoxy) is 1. The van der Waals surface area contributed by atoms with Gasteiger partial charge in [-0.1, -0.05) is 30.2 Å². The van der Waals surface area contributed by atoms with Crippen molar-refractivity contribution >= 4 is 23.4 Å². The van der Waals surface area contributed by atoms with Gasteiger partial charge in [0, 0.05) is 25.6 Å². The Bertz CT molecular complexity index is 901. The molecular formula is C22H29ClFN3O6. The van der Waals surface area contributed by atoms with Crippen molar-refractivity contribution in [2.45, 2.75) is 63.4 Å². The van der Waals surface area contributed by atoms with E-state index in [9.17, 15) is 19.1 Å². The minimum Gasteiger partial charge on any atom is -0.484 e. The predicted octanol–water partition coefficient (Wildman–Crippen LogP) is 1.88. The van der Waals surface area contributed by atoms with Gasteiger partial charge in [0.15, 0.2) is 12.7 Å². The summed E-state index contributed by atoms with van der Waals surface area (Å²) in [6, 6.07) is 2.88. The molecule has 9 nitrogen and oxygen atoms in total. The Labute approximate surface area is 196 Å². The number of aliphatic hydroxyl groups excluding tert-OH is 1. The fraction of sp³-hybridized carbons (Fsp3) is 0.545. The van der Waals surface area contributed by atoms with Crippen LogP contribution in [0, 0.1) is 5.82 Å². The van der Waals surface area contributed by atoms with Crippen molar-refractivity contribution in [2.24, 2.45) is 0 Å². The van der Waals surface area contributed by atoms with E-state index < -0.39 is 36.0 Å². The fourth-order valence-corrected chi connectivity index (χ4v) is 3.91. The van der Waals surface area contributed by atoms with Gasteiger partial charge in [-0.15, -0.1) is 4.99 Å². The molecule has 0 radical (unpaired) electrons. The average molecular weight is 486 g/mol. The molecule has 3 rings (SSSR count). The van der Waals surface area contributed by atoms with Gasteiger partial charge >= 0.3 is 0 Å². The first kappa shape index (κ1) is 25.4. The van der Waals surface area contributed by atoms with E-state index >= 15 is 0 Å². The van der Waals surface area contributed by atoms with E-state index in [-0.39, 0.29) is 35.7 Å². The van der Waals surface area contributed by atoms with Crippen LogP contribution in [0.25, 0.3) is 0 Å². The molecule has 2 aliphatic rings. The molecule has 0 aromatic heterocycles. The van der Waals surface area contributed by atoms with Crippen LogP contribution in [0.1, 0.15) is 33.1 Å². The van der Waals surface area contributed by atoms with Gasteiger partial charge in [0.25, 0.3) is 11.8 Å². The third-order valence-electron chi connectivity index (χ3n) is 5.83. The Hall–Kier alpha value is -2.24. The normalized spacial score (nSPS) is 28.1. The lowest BCUT2D eigenvalue weighted by atomic mass is 9.89. The van der Waals surface area contributed by atoms with Gasteiger partial charge in [-0.3, -0.25) is 9.59 Å². The summed E-state index contributed by atoms with van der Waals surface area (Å²) in [7, 11) is 1.75. The van der Waals surface area contributed by atoms with Crippen molar-refractivity contribution in [3.05, 3.63) is 40.7 Å². The predicted molar refractivity (Wildman–Crippen MR) is 118 cm³/mol. The summed E-state index contributed by atoms with van der Waals surface area (Å²) < 4.78 is 18.7. The molecule has 182 valence electrons. The average Bonchev–Trinajstić information content (AvgIpc) is 2.78. The molecule has 1 saturated heterocycles. The molecule has 1 aliphatic heterocycles. The fourth-order valence-electron chi connectivity index (χ4n) is 3.79. The summed E-state index contributed by atoms with van der Waals surface area (Å²) in [6.45, 7) is 3.45. The molecule has 0 bridgehead atoms. The van der Waals surface area contributed by atoms with Crippen LogP contribution in [-0.4, -0.2) is 66.0 Å². The first-order chi connectivity index (χ1) is 15.7. The number of amides is 2. The molecule has 1 aromatic carbocycles. The molecule has 5 atom stereocenters. The van der Waals surface area contributed by atoms with Gasteiger partial charge in [-0.2, -0.15) is 5.06 Å². The van der Waals surface area contributed by atoms with Crippen molar-refractivity contribution in [2.75, 3.05) is 13.7 Å². The second kappa shape index (κ2) is 11.3. The number of nitrogens with zero attached hydrogens (tertiary/aromatic N) is 1. The highest BCUT2D eigenvalue weighted by atomic mass is 35.5. The molecule has 1 aromatic rings. The molecule has 0 saturated carbocycles. The Kier molecular flexibility index (Phi) is 8.66. The minimum atomic E-state index is -0.922. The van der Waals surface area contributed by atoms with E-state index in [1.54, 1.807) is 18.2 Å². The van der Waals surface area contributed by atoms with Gasteiger partial charge in [0.05, 0.1) is 23.2 Å². The number of nitrogens with one attached hydrogen (secondary N) is 2. The summed E-state index contributed by atoms with van der Waals surface area (Å²) in [5.74, 6) is -1.29. The third-order valence-corrected chi connectivity index (χ3v) is 6.14. The number of rotatable bonds is 7. The molecule has 1 fully saturated rings. The Morgan fingerprint density at radius 1 is 1.33 bits per heavy atom. The first-order valence-corrected chi connectivity index (χ1v) is 11.2. The van der Waals surface area contributed by atoms with Crippen molar-refractivity contribution in [3.63, 3.8) is 0 Å². The minimum absolute atomic E-state index is 0.0421. The lowest BCUT2D eigenvalue weighted by Gasteiger charge is -2.36. The maximum Gasteiger partial charge on any atom is 0.258 e. The summed E-state index contributed by atoms with van der Waals surface area (Å²) in [5.41, 5.74) is 0.792. The molecule has 0 spiro atoms. The second-order valence-corrected chi connectivity index (χ2v) is 8.64. The number of hydrogen-bond acceptors (Lipinski definition) is 7. The zero-order chi connectivity index (χ0) is 24.1. The maximum absolute atomic E-state index is 13.5. The van der Waals surface area contributed by atoms with Crippen molar-refractivity contribution in [1.82, 2.24) is 15.7 Å². The lowest BCUT2D eigenvalue weighted by molar-refractivity contribution is -0.466. The van der Waals surface area contributed by atoms with Crippen LogP contribution >= 0.6 is 11.6 Å². The number of hydrogen-bond donors (Lipinski definition) is 3. The van der Waals surface area contributed by atoms with Crippen molar-refractivity contribution in [3.8, 4) is 5.75 Å². The van der Waals surface area contributed by atoms with Crippen molar-refractivity contribution in [1.29, 1.82) is 0 Å². The third kappa shape index (κ3) is 6.64. The maximum atomic E-state index is 13.5. The van der Waals surface area contributed by atoms with Crippen molar-refractivity contribution < 1.29 is 33.7 Å². The van der Waals surface area contributed by atoms with Crippen LogP contribution in [0.15, 0.2) is 29.8 Å². The van der Waals surface area contributed by atoms with Crippen LogP contribution < -0.4 is 15.4 Å². The zero-order valence-electron chi connectivity index (χ0n) is 18.7. The number of halogens is 2. The number of aliphatic hydroxyl groups is 1. The Morgan fingerprint density at radius 3 is 2.79 bits per heavy atom. The highest BCUT2D eigenvalue weighted by Gasteiger charge is 2.35. The van der Waals surface area contributed by atoms with Gasteiger partial charge in [0.2, 0.25) is 0 Å². The monoisotopic (exact) mass is 485 g/mol. The highest BCUT2D eigenvalue weighted by molar-refractivity contribution is 6.30. The number of hydroxylamine groups is 2. The SMILES string of the molecule is CCC1CC(C(=O)NC2CC(O)C(NC(=O)COc3ccc(Cl)c(F)c3)C=C2C)OON1C. The number of carbonyl (C=O) groups excluding carboxylic acids is 2. The van der Waals surface area contributed by atoms with E-state index in [2.05, 4.69) is 10.6 Å². The summed E-state index contributed by atoms with van der Waals surface area (Å²) >= 11 is 5.62. The van der Waals surface area contributed by atoms with Gasteiger partial charge in [-0.05, 0) is 31.9 Å². The summed E-state index contributed by atoms with van der Waals surface area (Å²) in [4.78, 5) is 35.2. The molecule has 1 heterocycles. The largest absolute Gasteiger partial charge is 0.484 e. The zero-order valence-corrected chi connectivity index (χ0v) is 19.5. The lowest BCUT2D eigenvalue weighted by Crippen LogP contribution is -2.54. The van der Waals surface area contributed by atoms with E-state index in [4.69, 9.17) is 26.2 Å².